The number of nitrogens with zero attached hydrogens (tertiary/aromatic N) is 1. The Kier molecular flexibility index (Phi) is 20.1. The molecule has 1 saturated heterocycles. The Balaban J connectivity index is 0.000000243. The maximum absolute atomic E-state index is 12.9. The van der Waals surface area contributed by atoms with Crippen molar-refractivity contribution in [3.8, 4) is 0 Å². The second-order valence-corrected chi connectivity index (χ2v) is 23.6. The summed E-state index contributed by atoms with van der Waals surface area (Å²) in [7, 11) is 0. The number of carbonyl (C=O) groups is 3. The number of pyridine rings is 1. The number of aliphatic hydroxyl groups excluding tert-OH is 1. The zero-order valence-electron chi connectivity index (χ0n) is 43.6. The van der Waals surface area contributed by atoms with E-state index in [0.717, 1.165) is 90.4 Å². The molecule has 12 heteroatoms. The van der Waals surface area contributed by atoms with Crippen molar-refractivity contribution in [3.63, 3.8) is 0 Å². The Morgan fingerprint density at radius 3 is 2.46 bits per heavy atom. The number of aliphatic hydroxyl groups is 2. The van der Waals surface area contributed by atoms with Gasteiger partial charge in [0.05, 0.1) is 34.8 Å². The van der Waals surface area contributed by atoms with Crippen LogP contribution in [0.5, 0.6) is 0 Å². The molecule has 1 aromatic heterocycles. The molecular weight excluding hydrogens is 953 g/mol. The Bertz CT molecular complexity index is 2620. The van der Waals surface area contributed by atoms with Crippen LogP contribution in [-0.2, 0) is 35.9 Å². The Morgan fingerprint density at radius 2 is 1.75 bits per heavy atom. The van der Waals surface area contributed by atoms with E-state index in [9.17, 15) is 29.7 Å². The van der Waals surface area contributed by atoms with Gasteiger partial charge in [-0.3, -0.25) is 9.59 Å². The molecule has 0 amide bonds. The van der Waals surface area contributed by atoms with Gasteiger partial charge in [0.25, 0.3) is 0 Å². The number of fused-ring (bicyclic) bond motifs is 2. The first kappa shape index (κ1) is 57.5. The minimum atomic E-state index is -0.963. The van der Waals surface area contributed by atoms with Gasteiger partial charge in [0.15, 0.2) is 0 Å². The van der Waals surface area contributed by atoms with Gasteiger partial charge in [-0.25, -0.2) is 4.98 Å². The number of thioether (sulfide) groups is 1. The summed E-state index contributed by atoms with van der Waals surface area (Å²) in [6.45, 7) is 14.0. The van der Waals surface area contributed by atoms with E-state index in [1.54, 1.807) is 0 Å². The molecule has 0 radical (unpaired) electrons. The number of cyclic esters (lactones) is 1. The molecule has 0 bridgehead atoms. The molecule has 3 aliphatic carbocycles. The van der Waals surface area contributed by atoms with Gasteiger partial charge in [-0.2, -0.15) is 11.8 Å². The largest absolute Gasteiger partial charge is 1.00 e. The summed E-state index contributed by atoms with van der Waals surface area (Å²) in [5.41, 5.74) is 5.81. The van der Waals surface area contributed by atoms with Crippen molar-refractivity contribution in [1.29, 1.82) is 0 Å². The van der Waals surface area contributed by atoms with E-state index in [2.05, 4.69) is 68.5 Å². The molecule has 4 aromatic rings. The second-order valence-electron chi connectivity index (χ2n) is 21.9. The van der Waals surface area contributed by atoms with E-state index < -0.39 is 23.1 Å². The molecule has 8 rings (SSSR count). The van der Waals surface area contributed by atoms with Crippen LogP contribution in [0.25, 0.3) is 23.1 Å². The summed E-state index contributed by atoms with van der Waals surface area (Å²) in [5.74, 6) is 0.607. The summed E-state index contributed by atoms with van der Waals surface area (Å²) in [4.78, 5) is 40.7. The van der Waals surface area contributed by atoms with Gasteiger partial charge in [0.2, 0.25) is 0 Å². The van der Waals surface area contributed by atoms with Gasteiger partial charge in [-0.05, 0) is 167 Å². The number of carbonyl (C=O) groups excluding carboxylic acids is 3. The van der Waals surface area contributed by atoms with Crippen LogP contribution in [0.4, 0.5) is 0 Å². The molecule has 2 heterocycles. The molecule has 380 valence electrons. The molecule has 0 unspecified atom stereocenters. The summed E-state index contributed by atoms with van der Waals surface area (Å²) in [6, 6.07) is 26.4. The van der Waals surface area contributed by atoms with Crippen molar-refractivity contribution >= 4 is 64.3 Å². The SMILES string of the molecule is CC(C)(O)c1ccccc1CC[C@@H](SCC1(CC(=O)[O-])CC1)c1cccc(/C=C/c2ccc3ccc(Cl)cc3n2)c1.CCC(C)(C)C(=O)O[C@H]1C[C@@H](C)C=C2C=C[C@H](C)[C@H](CC[C@@H]3C[C@@H](O)CC(=O)O3)[C@H]21.[Na+]. The van der Waals surface area contributed by atoms with E-state index >= 15 is 0 Å². The average Bonchev–Trinajstić information content (AvgIpc) is 4.08. The van der Waals surface area contributed by atoms with Gasteiger partial charge in [-0.1, -0.05) is 117 Å². The Labute approximate surface area is 459 Å². The first-order valence-corrected chi connectivity index (χ1v) is 27.1. The van der Waals surface area contributed by atoms with Gasteiger partial charge < -0.3 is 29.6 Å². The molecule has 72 heavy (non-hydrogen) atoms. The average molecular weight is 1030 g/mol. The quantitative estimate of drug-likeness (QED) is 0.0731. The minimum absolute atomic E-state index is 0. The number of hydrogen-bond acceptors (Lipinski definition) is 10. The molecule has 3 aromatic carbocycles. The third-order valence-corrected chi connectivity index (χ3v) is 17.1. The van der Waals surface area contributed by atoms with Gasteiger partial charge in [-0.15, -0.1) is 0 Å². The third kappa shape index (κ3) is 15.7. The molecule has 1 aliphatic heterocycles. The zero-order valence-corrected chi connectivity index (χ0v) is 47.1. The number of halogens is 1. The Morgan fingerprint density at radius 1 is 1.00 bits per heavy atom. The van der Waals surface area contributed by atoms with Crippen molar-refractivity contribution in [2.24, 2.45) is 34.5 Å². The van der Waals surface area contributed by atoms with Crippen LogP contribution in [0.1, 0.15) is 146 Å². The molecule has 2 fully saturated rings. The molecule has 9 nitrogen and oxygen atoms in total. The van der Waals surface area contributed by atoms with Crippen molar-refractivity contribution in [1.82, 2.24) is 4.98 Å². The molecule has 1 saturated carbocycles. The molecule has 0 spiro atoms. The van der Waals surface area contributed by atoms with Crippen LogP contribution in [0.2, 0.25) is 5.02 Å². The van der Waals surface area contributed by atoms with Crippen LogP contribution in [0.15, 0.2) is 103 Å². The normalized spacial score (nSPS) is 23.9. The van der Waals surface area contributed by atoms with Crippen LogP contribution in [-0.4, -0.2) is 57.2 Å². The standard InChI is InChI=1S/C35H36ClNO3S.C25H38O5.Na/c1-34(2,40)30-9-4-3-7-25(30)13-17-32(41-23-35(18-19-35)22-33(38)39)27-8-5-6-24(20-27)10-15-29-16-12-26-11-14-28(36)21-31(26)37-29;1-6-25(4,5)24(28)30-21-12-15(2)11-17-8-7-16(3)20(23(17)21)10-9-19-13-18(26)14-22(27)29-19;/h3-12,14-16,20-21,32,40H,13,17-19,22-23H2,1-2H3,(H,38,39);7-8,11,15-16,18-21,23,26H,6,9-10,12-14H2,1-5H3;/q;;+1/p-1/b15-10+;;/t32-;15-,16-,18+,19+,20-,21-,23-;/m10./s1. The predicted molar refractivity (Wildman–Crippen MR) is 284 cm³/mol. The fraction of sp³-hybridized carbons (Fsp3) is 0.500. The number of hydrogen-bond donors (Lipinski definition) is 2. The minimum Gasteiger partial charge on any atom is -0.550 e. The first-order chi connectivity index (χ1) is 33.7. The van der Waals surface area contributed by atoms with Crippen LogP contribution in [0.3, 0.4) is 0 Å². The molecule has 8 atom stereocenters. The maximum atomic E-state index is 12.9. The first-order valence-electron chi connectivity index (χ1n) is 25.7. The summed E-state index contributed by atoms with van der Waals surface area (Å²) in [5, 5.41) is 33.9. The Hall–Kier alpha value is -3.74. The van der Waals surface area contributed by atoms with Gasteiger partial charge in [0, 0.05) is 34.0 Å². The molecule has 2 N–H and O–H groups in total. The van der Waals surface area contributed by atoms with Gasteiger partial charge in [0.1, 0.15) is 12.2 Å². The van der Waals surface area contributed by atoms with E-state index in [-0.39, 0.29) is 83.1 Å². The van der Waals surface area contributed by atoms with E-state index in [1.165, 1.54) is 11.1 Å². The fourth-order valence-corrected chi connectivity index (χ4v) is 12.2. The van der Waals surface area contributed by atoms with Crippen molar-refractivity contribution in [2.75, 3.05) is 5.75 Å². The number of aromatic nitrogens is 1. The zero-order chi connectivity index (χ0) is 51.1. The number of rotatable bonds is 18. The van der Waals surface area contributed by atoms with E-state index in [1.807, 2.05) is 101 Å². The van der Waals surface area contributed by atoms with Crippen LogP contribution < -0.4 is 34.7 Å². The number of aryl methyl sites for hydroxylation is 1. The molecule has 4 aliphatic rings. The van der Waals surface area contributed by atoms with Crippen molar-refractivity contribution < 1.29 is 68.7 Å². The maximum Gasteiger partial charge on any atom is 1.00 e. The van der Waals surface area contributed by atoms with E-state index in [0.29, 0.717) is 29.2 Å². The topological polar surface area (TPSA) is 146 Å². The van der Waals surface area contributed by atoms with Crippen molar-refractivity contribution in [2.45, 2.75) is 148 Å². The number of benzene rings is 3. The number of esters is 2. The number of carboxylic acid groups (broad SMARTS) is 1. The number of carboxylic acids is 1. The van der Waals surface area contributed by atoms with Crippen molar-refractivity contribution in [3.05, 3.63) is 136 Å². The third-order valence-electron chi connectivity index (χ3n) is 15.2. The van der Waals surface area contributed by atoms with Crippen LogP contribution in [0, 0.1) is 34.5 Å². The van der Waals surface area contributed by atoms with Gasteiger partial charge >= 0.3 is 41.5 Å². The predicted octanol–water partition coefficient (Wildman–Crippen LogP) is 9.20. The second kappa shape index (κ2) is 25.2. The fourth-order valence-electron chi connectivity index (χ4n) is 10.4. The number of aliphatic carboxylic acids is 1. The summed E-state index contributed by atoms with van der Waals surface area (Å²) >= 11 is 8.01. The monoisotopic (exact) mass is 1030 g/mol. The smallest absolute Gasteiger partial charge is 0.550 e. The molecular formula is C60H73ClNNaO8S. The number of ether oxygens (including phenoxy) is 2. The summed E-state index contributed by atoms with van der Waals surface area (Å²) < 4.78 is 11.6. The van der Waals surface area contributed by atoms with E-state index in [4.69, 9.17) is 26.1 Å². The van der Waals surface area contributed by atoms with Crippen LogP contribution >= 0.6 is 23.4 Å². The number of allylic oxidation sites excluding steroid dienone is 3. The summed E-state index contributed by atoms with van der Waals surface area (Å²) in [6.07, 6.45) is 17.4.